The maximum absolute atomic E-state index is 12.0. The van der Waals surface area contributed by atoms with E-state index in [1.54, 1.807) is 23.1 Å². The molecule has 0 aliphatic carbocycles. The molecule has 0 aromatic heterocycles. The first-order chi connectivity index (χ1) is 10.1. The molecule has 1 fully saturated rings. The van der Waals surface area contributed by atoms with E-state index in [0.29, 0.717) is 19.0 Å². The van der Waals surface area contributed by atoms with Crippen LogP contribution in [0.4, 0.5) is 5.69 Å². The number of carbonyl (C=O) groups excluding carboxylic acids is 1. The van der Waals surface area contributed by atoms with E-state index in [2.05, 4.69) is 0 Å². The Labute approximate surface area is 122 Å². The number of aliphatic hydroxyl groups is 1. The van der Waals surface area contributed by atoms with E-state index in [9.17, 15) is 14.9 Å². The van der Waals surface area contributed by atoms with Crippen LogP contribution in [0.25, 0.3) is 6.08 Å². The van der Waals surface area contributed by atoms with Crippen molar-refractivity contribution in [3.05, 3.63) is 46.0 Å². The van der Waals surface area contributed by atoms with E-state index in [1.807, 2.05) is 0 Å². The van der Waals surface area contributed by atoms with Crippen molar-refractivity contribution in [1.82, 2.24) is 4.90 Å². The minimum Gasteiger partial charge on any atom is -0.396 e. The van der Waals surface area contributed by atoms with Crippen molar-refractivity contribution < 1.29 is 14.8 Å². The molecule has 112 valence electrons. The van der Waals surface area contributed by atoms with Gasteiger partial charge in [0.1, 0.15) is 0 Å². The summed E-state index contributed by atoms with van der Waals surface area (Å²) >= 11 is 0. The molecule has 0 atom stereocenters. The second-order valence-electron chi connectivity index (χ2n) is 5.13. The molecule has 1 N–H and O–H groups in total. The molecular formula is C15H18N2O4. The maximum atomic E-state index is 12.0. The zero-order valence-electron chi connectivity index (χ0n) is 11.6. The highest BCUT2D eigenvalue weighted by molar-refractivity contribution is 5.91. The van der Waals surface area contributed by atoms with Crippen molar-refractivity contribution >= 4 is 17.7 Å². The van der Waals surface area contributed by atoms with Gasteiger partial charge in [-0.25, -0.2) is 0 Å². The van der Waals surface area contributed by atoms with Gasteiger partial charge in [-0.1, -0.05) is 0 Å². The van der Waals surface area contributed by atoms with E-state index in [-0.39, 0.29) is 18.2 Å². The molecule has 1 aliphatic rings. The highest BCUT2D eigenvalue weighted by Gasteiger charge is 2.20. The number of likely N-dealkylation sites (tertiary alicyclic amines) is 1. The number of aliphatic hydroxyl groups excluding tert-OH is 1. The Morgan fingerprint density at radius 3 is 2.48 bits per heavy atom. The lowest BCUT2D eigenvalue weighted by Gasteiger charge is -2.30. The number of nitro benzene ring substituents is 1. The van der Waals surface area contributed by atoms with Crippen LogP contribution in [-0.2, 0) is 4.79 Å². The monoisotopic (exact) mass is 290 g/mol. The molecule has 6 nitrogen and oxygen atoms in total. The first-order valence-electron chi connectivity index (χ1n) is 6.92. The Kier molecular flexibility index (Phi) is 5.05. The van der Waals surface area contributed by atoms with E-state index in [1.165, 1.54) is 18.2 Å². The van der Waals surface area contributed by atoms with Gasteiger partial charge in [-0.2, -0.15) is 0 Å². The average Bonchev–Trinajstić information content (AvgIpc) is 2.53. The number of rotatable bonds is 4. The summed E-state index contributed by atoms with van der Waals surface area (Å²) in [6.45, 7) is 1.50. The van der Waals surface area contributed by atoms with Crippen molar-refractivity contribution in [1.29, 1.82) is 0 Å². The molecule has 2 rings (SSSR count). The van der Waals surface area contributed by atoms with Gasteiger partial charge in [0, 0.05) is 37.9 Å². The van der Waals surface area contributed by atoms with Crippen LogP contribution < -0.4 is 0 Å². The Morgan fingerprint density at radius 1 is 1.33 bits per heavy atom. The quantitative estimate of drug-likeness (QED) is 0.521. The van der Waals surface area contributed by atoms with Crippen LogP contribution in [0.2, 0.25) is 0 Å². The Morgan fingerprint density at radius 2 is 1.95 bits per heavy atom. The molecule has 1 aromatic rings. The first kappa shape index (κ1) is 15.2. The van der Waals surface area contributed by atoms with E-state index >= 15 is 0 Å². The minimum atomic E-state index is -0.454. The third kappa shape index (κ3) is 4.13. The highest BCUT2D eigenvalue weighted by Crippen LogP contribution is 2.17. The molecule has 0 radical (unpaired) electrons. The predicted octanol–water partition coefficient (Wildman–Crippen LogP) is 1.84. The van der Waals surface area contributed by atoms with Gasteiger partial charge < -0.3 is 10.0 Å². The number of nitro groups is 1. The summed E-state index contributed by atoms with van der Waals surface area (Å²) in [6.07, 6.45) is 4.80. The van der Waals surface area contributed by atoms with Crippen molar-refractivity contribution in [2.75, 3.05) is 19.7 Å². The average molecular weight is 290 g/mol. The Bertz CT molecular complexity index is 531. The fourth-order valence-electron chi connectivity index (χ4n) is 2.32. The van der Waals surface area contributed by atoms with E-state index in [0.717, 1.165) is 18.4 Å². The molecule has 1 amide bonds. The van der Waals surface area contributed by atoms with Crippen molar-refractivity contribution in [3.8, 4) is 0 Å². The topological polar surface area (TPSA) is 83.7 Å². The largest absolute Gasteiger partial charge is 0.396 e. The van der Waals surface area contributed by atoms with Crippen molar-refractivity contribution in [3.63, 3.8) is 0 Å². The summed E-state index contributed by atoms with van der Waals surface area (Å²) < 4.78 is 0. The van der Waals surface area contributed by atoms with Gasteiger partial charge in [-0.15, -0.1) is 0 Å². The second kappa shape index (κ2) is 6.99. The third-order valence-electron chi connectivity index (χ3n) is 3.71. The number of carbonyl (C=O) groups is 1. The predicted molar refractivity (Wildman–Crippen MR) is 78.5 cm³/mol. The van der Waals surface area contributed by atoms with Crippen molar-refractivity contribution in [2.24, 2.45) is 5.92 Å². The lowest BCUT2D eigenvalue weighted by Crippen LogP contribution is -2.38. The summed E-state index contributed by atoms with van der Waals surface area (Å²) in [5.41, 5.74) is 0.781. The minimum absolute atomic E-state index is 0.0320. The van der Waals surface area contributed by atoms with Gasteiger partial charge in [-0.05, 0) is 42.5 Å². The molecule has 0 saturated carbocycles. The maximum Gasteiger partial charge on any atom is 0.269 e. The van der Waals surface area contributed by atoms with Gasteiger partial charge >= 0.3 is 0 Å². The number of hydrogen-bond acceptors (Lipinski definition) is 4. The summed E-state index contributed by atoms with van der Waals surface area (Å²) in [5.74, 6) is 0.234. The normalized spacial score (nSPS) is 16.3. The standard InChI is InChI=1S/C15H18N2O4/c18-11-13-7-9-16(10-8-13)15(19)6-3-12-1-4-14(5-2-12)17(20)21/h1-6,13,18H,7-11H2/b6-3+. The summed E-state index contributed by atoms with van der Waals surface area (Å²) in [4.78, 5) is 23.9. The summed E-state index contributed by atoms with van der Waals surface area (Å²) in [7, 11) is 0. The molecular weight excluding hydrogens is 272 g/mol. The number of benzene rings is 1. The third-order valence-corrected chi connectivity index (χ3v) is 3.71. The zero-order valence-corrected chi connectivity index (χ0v) is 11.6. The molecule has 1 aromatic carbocycles. The molecule has 0 bridgehead atoms. The van der Waals surface area contributed by atoms with Crippen LogP contribution in [0.3, 0.4) is 0 Å². The lowest BCUT2D eigenvalue weighted by atomic mass is 9.98. The first-order valence-corrected chi connectivity index (χ1v) is 6.92. The number of hydrogen-bond donors (Lipinski definition) is 1. The number of amides is 1. The van der Waals surface area contributed by atoms with Crippen LogP contribution in [0, 0.1) is 16.0 Å². The molecule has 1 aliphatic heterocycles. The Balaban J connectivity index is 1.91. The lowest BCUT2D eigenvalue weighted by molar-refractivity contribution is -0.384. The fourth-order valence-corrected chi connectivity index (χ4v) is 2.32. The van der Waals surface area contributed by atoms with Gasteiger partial charge in [0.05, 0.1) is 4.92 Å². The number of non-ortho nitro benzene ring substituents is 1. The molecule has 6 heteroatoms. The van der Waals surface area contributed by atoms with Crippen LogP contribution in [0.5, 0.6) is 0 Å². The summed E-state index contributed by atoms with van der Waals surface area (Å²) in [5, 5.41) is 19.6. The smallest absolute Gasteiger partial charge is 0.269 e. The van der Waals surface area contributed by atoms with Crippen LogP contribution >= 0.6 is 0 Å². The van der Waals surface area contributed by atoms with Crippen LogP contribution in [0.15, 0.2) is 30.3 Å². The number of nitrogens with zero attached hydrogens (tertiary/aromatic N) is 2. The molecule has 1 heterocycles. The Hall–Kier alpha value is -2.21. The SMILES string of the molecule is O=C(/C=C/c1ccc([N+](=O)[O-])cc1)N1CCC(CO)CC1. The number of piperidine rings is 1. The highest BCUT2D eigenvalue weighted by atomic mass is 16.6. The second-order valence-corrected chi connectivity index (χ2v) is 5.13. The van der Waals surface area contributed by atoms with Gasteiger partial charge in [0.2, 0.25) is 5.91 Å². The zero-order chi connectivity index (χ0) is 15.2. The molecule has 1 saturated heterocycles. The van der Waals surface area contributed by atoms with Crippen LogP contribution in [0.1, 0.15) is 18.4 Å². The van der Waals surface area contributed by atoms with Crippen LogP contribution in [-0.4, -0.2) is 40.5 Å². The summed E-state index contributed by atoms with van der Waals surface area (Å²) in [6, 6.07) is 6.05. The van der Waals surface area contributed by atoms with Crippen molar-refractivity contribution in [2.45, 2.75) is 12.8 Å². The van der Waals surface area contributed by atoms with Gasteiger partial charge in [0.15, 0.2) is 0 Å². The fraction of sp³-hybridized carbons (Fsp3) is 0.400. The van der Waals surface area contributed by atoms with Gasteiger partial charge in [-0.3, -0.25) is 14.9 Å². The molecule has 0 unspecified atom stereocenters. The van der Waals surface area contributed by atoms with Gasteiger partial charge in [0.25, 0.3) is 5.69 Å². The molecule has 21 heavy (non-hydrogen) atoms. The van der Waals surface area contributed by atoms with E-state index < -0.39 is 4.92 Å². The molecule has 0 spiro atoms. The van der Waals surface area contributed by atoms with E-state index in [4.69, 9.17) is 5.11 Å².